The van der Waals surface area contributed by atoms with Crippen molar-refractivity contribution in [2.45, 2.75) is 13.0 Å². The molecule has 1 aliphatic rings. The predicted molar refractivity (Wildman–Crippen MR) is 84.2 cm³/mol. The molecule has 0 atom stereocenters. The molecule has 0 saturated carbocycles. The van der Waals surface area contributed by atoms with Crippen LogP contribution in [0.1, 0.15) is 12.1 Å². The van der Waals surface area contributed by atoms with Gasteiger partial charge in [-0.05, 0) is 12.1 Å². The fourth-order valence-electron chi connectivity index (χ4n) is 2.13. The van der Waals surface area contributed by atoms with Crippen LogP contribution in [0.4, 0.5) is 5.69 Å². The first-order chi connectivity index (χ1) is 10.7. The standard InChI is InChI=1S/C15H19N5O2/c1-20-10-17-8-12(20)9-18-15(16)19-11-3-4-13-14(7-11)22-6-2-5-21-13/h3-4,7-8,10H,2,5-6,9H2,1H3,(H3,16,18,19). The van der Waals surface area contributed by atoms with Crippen LogP contribution >= 0.6 is 0 Å². The molecule has 22 heavy (non-hydrogen) atoms. The largest absolute Gasteiger partial charge is 0.490 e. The molecule has 3 rings (SSSR count). The number of hydrogen-bond acceptors (Lipinski definition) is 4. The Balaban J connectivity index is 1.67. The molecule has 1 aromatic carbocycles. The molecule has 0 radical (unpaired) electrons. The number of aromatic nitrogens is 2. The number of aryl methyl sites for hydroxylation is 1. The first-order valence-corrected chi connectivity index (χ1v) is 7.14. The molecule has 0 amide bonds. The number of aliphatic imine (C=N–C) groups is 1. The number of ether oxygens (including phenoxy) is 2. The molecule has 0 spiro atoms. The van der Waals surface area contributed by atoms with Gasteiger partial charge >= 0.3 is 0 Å². The van der Waals surface area contributed by atoms with Crippen molar-refractivity contribution in [3.8, 4) is 11.5 Å². The first-order valence-electron chi connectivity index (χ1n) is 7.14. The molecule has 1 aromatic heterocycles. The van der Waals surface area contributed by atoms with Gasteiger partial charge in [0.1, 0.15) is 0 Å². The molecule has 7 nitrogen and oxygen atoms in total. The Morgan fingerprint density at radius 1 is 1.36 bits per heavy atom. The molecule has 1 aliphatic heterocycles. The number of hydrogen-bond donors (Lipinski definition) is 2. The minimum Gasteiger partial charge on any atom is -0.490 e. The maximum Gasteiger partial charge on any atom is 0.193 e. The Kier molecular flexibility index (Phi) is 4.13. The molecule has 0 aliphatic carbocycles. The van der Waals surface area contributed by atoms with E-state index in [1.165, 1.54) is 0 Å². The lowest BCUT2D eigenvalue weighted by Crippen LogP contribution is -2.22. The van der Waals surface area contributed by atoms with E-state index in [-0.39, 0.29) is 0 Å². The van der Waals surface area contributed by atoms with E-state index < -0.39 is 0 Å². The van der Waals surface area contributed by atoms with Crippen molar-refractivity contribution in [3.05, 3.63) is 36.4 Å². The number of imidazole rings is 1. The zero-order chi connectivity index (χ0) is 15.4. The van der Waals surface area contributed by atoms with Gasteiger partial charge < -0.3 is 25.1 Å². The second-order valence-corrected chi connectivity index (χ2v) is 5.03. The SMILES string of the molecule is Cn1cncc1CN=C(N)Nc1ccc2c(c1)OCCCO2. The number of benzene rings is 1. The van der Waals surface area contributed by atoms with Gasteiger partial charge in [-0.1, -0.05) is 0 Å². The van der Waals surface area contributed by atoms with Crippen LogP contribution in [-0.4, -0.2) is 28.7 Å². The zero-order valence-corrected chi connectivity index (χ0v) is 12.5. The summed E-state index contributed by atoms with van der Waals surface area (Å²) in [6.45, 7) is 1.80. The summed E-state index contributed by atoms with van der Waals surface area (Å²) >= 11 is 0. The maximum absolute atomic E-state index is 5.92. The molecule has 2 aromatic rings. The Labute approximate surface area is 128 Å². The van der Waals surface area contributed by atoms with Gasteiger partial charge in [0.15, 0.2) is 17.5 Å². The topological polar surface area (TPSA) is 86.7 Å². The summed E-state index contributed by atoms with van der Waals surface area (Å²) in [4.78, 5) is 8.35. The van der Waals surface area contributed by atoms with Crippen molar-refractivity contribution >= 4 is 11.6 Å². The van der Waals surface area contributed by atoms with Crippen LogP contribution in [0.2, 0.25) is 0 Å². The van der Waals surface area contributed by atoms with Crippen molar-refractivity contribution in [2.75, 3.05) is 18.5 Å². The van der Waals surface area contributed by atoms with E-state index in [9.17, 15) is 0 Å². The highest BCUT2D eigenvalue weighted by molar-refractivity contribution is 5.92. The highest BCUT2D eigenvalue weighted by atomic mass is 16.5. The minimum absolute atomic E-state index is 0.343. The quantitative estimate of drug-likeness (QED) is 0.663. The molecular weight excluding hydrogens is 282 g/mol. The first kappa shape index (κ1) is 14.2. The highest BCUT2D eigenvalue weighted by Gasteiger charge is 2.10. The smallest absolute Gasteiger partial charge is 0.193 e. The number of nitrogens with zero attached hydrogens (tertiary/aromatic N) is 3. The average molecular weight is 301 g/mol. The van der Waals surface area contributed by atoms with E-state index in [2.05, 4.69) is 15.3 Å². The number of anilines is 1. The number of nitrogens with two attached hydrogens (primary N) is 1. The summed E-state index contributed by atoms with van der Waals surface area (Å²) in [5.74, 6) is 1.83. The van der Waals surface area contributed by atoms with E-state index in [1.807, 2.05) is 29.8 Å². The third-order valence-corrected chi connectivity index (χ3v) is 3.35. The highest BCUT2D eigenvalue weighted by Crippen LogP contribution is 2.32. The van der Waals surface area contributed by atoms with Crippen LogP contribution in [-0.2, 0) is 13.6 Å². The molecule has 2 heterocycles. The molecule has 0 bridgehead atoms. The molecule has 0 saturated heterocycles. The Morgan fingerprint density at radius 3 is 2.95 bits per heavy atom. The second kappa shape index (κ2) is 6.38. The number of rotatable bonds is 3. The van der Waals surface area contributed by atoms with Crippen LogP contribution in [0.25, 0.3) is 0 Å². The fraction of sp³-hybridized carbons (Fsp3) is 0.333. The third kappa shape index (κ3) is 3.30. The Morgan fingerprint density at radius 2 is 2.18 bits per heavy atom. The molecule has 0 unspecified atom stereocenters. The zero-order valence-electron chi connectivity index (χ0n) is 12.5. The van der Waals surface area contributed by atoms with Gasteiger partial charge in [0.25, 0.3) is 0 Å². The van der Waals surface area contributed by atoms with Crippen molar-refractivity contribution in [2.24, 2.45) is 17.8 Å². The average Bonchev–Trinajstić information content (AvgIpc) is 2.78. The van der Waals surface area contributed by atoms with E-state index in [1.54, 1.807) is 12.5 Å². The summed E-state index contributed by atoms with van der Waals surface area (Å²) in [6, 6.07) is 5.63. The lowest BCUT2D eigenvalue weighted by Gasteiger charge is -2.10. The summed E-state index contributed by atoms with van der Waals surface area (Å²) in [5, 5.41) is 3.06. The van der Waals surface area contributed by atoms with Crippen molar-refractivity contribution in [1.82, 2.24) is 9.55 Å². The fourth-order valence-corrected chi connectivity index (χ4v) is 2.13. The van der Waals surface area contributed by atoms with Crippen LogP contribution in [0.15, 0.2) is 35.7 Å². The van der Waals surface area contributed by atoms with Gasteiger partial charge in [-0.15, -0.1) is 0 Å². The van der Waals surface area contributed by atoms with Gasteiger partial charge in [0.05, 0.1) is 38.0 Å². The van der Waals surface area contributed by atoms with Gasteiger partial charge in [0.2, 0.25) is 0 Å². The number of nitrogens with one attached hydrogen (secondary N) is 1. The maximum atomic E-state index is 5.92. The van der Waals surface area contributed by atoms with Crippen molar-refractivity contribution in [1.29, 1.82) is 0 Å². The van der Waals surface area contributed by atoms with Crippen LogP contribution in [0.5, 0.6) is 11.5 Å². The normalized spacial score (nSPS) is 14.5. The number of fused-ring (bicyclic) bond motifs is 1. The summed E-state index contributed by atoms with van der Waals surface area (Å²) < 4.78 is 13.1. The van der Waals surface area contributed by atoms with Crippen LogP contribution in [0, 0.1) is 0 Å². The van der Waals surface area contributed by atoms with Crippen molar-refractivity contribution in [3.63, 3.8) is 0 Å². The van der Waals surface area contributed by atoms with Crippen LogP contribution < -0.4 is 20.5 Å². The van der Waals surface area contributed by atoms with Crippen molar-refractivity contribution < 1.29 is 9.47 Å². The molecule has 116 valence electrons. The molecule has 3 N–H and O–H groups in total. The van der Waals surface area contributed by atoms with E-state index in [4.69, 9.17) is 15.2 Å². The van der Waals surface area contributed by atoms with Gasteiger partial charge in [0, 0.05) is 25.2 Å². The van der Waals surface area contributed by atoms with Crippen LogP contribution in [0.3, 0.4) is 0 Å². The second-order valence-electron chi connectivity index (χ2n) is 5.03. The minimum atomic E-state index is 0.343. The van der Waals surface area contributed by atoms with Gasteiger partial charge in [-0.25, -0.2) is 9.98 Å². The lowest BCUT2D eigenvalue weighted by atomic mass is 10.3. The van der Waals surface area contributed by atoms with Gasteiger partial charge in [-0.3, -0.25) is 0 Å². The summed E-state index contributed by atoms with van der Waals surface area (Å²) in [6.07, 6.45) is 4.38. The van der Waals surface area contributed by atoms with E-state index >= 15 is 0 Å². The number of guanidine groups is 1. The Hall–Kier alpha value is -2.70. The molecule has 7 heteroatoms. The van der Waals surface area contributed by atoms with E-state index in [0.29, 0.717) is 25.7 Å². The molecule has 0 fully saturated rings. The lowest BCUT2D eigenvalue weighted by molar-refractivity contribution is 0.297. The summed E-state index contributed by atoms with van der Waals surface area (Å²) in [7, 11) is 1.92. The van der Waals surface area contributed by atoms with Gasteiger partial charge in [-0.2, -0.15) is 0 Å². The molecular formula is C15H19N5O2. The monoisotopic (exact) mass is 301 g/mol. The third-order valence-electron chi connectivity index (χ3n) is 3.35. The predicted octanol–water partition coefficient (Wildman–Crippen LogP) is 1.51. The summed E-state index contributed by atoms with van der Waals surface area (Å²) in [5.41, 5.74) is 7.72. The Bertz CT molecular complexity index is 680. The van der Waals surface area contributed by atoms with E-state index in [0.717, 1.165) is 29.3 Å².